The summed E-state index contributed by atoms with van der Waals surface area (Å²) in [5.41, 5.74) is -0.129. The molecule has 5 atom stereocenters. The molecule has 0 radical (unpaired) electrons. The molecule has 0 aliphatic carbocycles. The van der Waals surface area contributed by atoms with E-state index in [1.54, 1.807) is 0 Å². The van der Waals surface area contributed by atoms with E-state index in [0.717, 1.165) is 0 Å². The lowest BCUT2D eigenvalue weighted by Gasteiger charge is -2.39. The summed E-state index contributed by atoms with van der Waals surface area (Å²) in [4.78, 5) is 9.95. The van der Waals surface area contributed by atoms with Gasteiger partial charge in [0.1, 0.15) is 30.2 Å². The predicted octanol–water partition coefficient (Wildman–Crippen LogP) is -1.23. The van der Waals surface area contributed by atoms with Crippen molar-refractivity contribution in [1.82, 2.24) is 0 Å². The Labute approximate surface area is 119 Å². The number of benzene rings is 1. The van der Waals surface area contributed by atoms with E-state index in [1.807, 2.05) is 0 Å². The summed E-state index contributed by atoms with van der Waals surface area (Å²) in [7, 11) is 0. The van der Waals surface area contributed by atoms with E-state index in [4.69, 9.17) is 14.6 Å². The highest BCUT2D eigenvalue weighted by molar-refractivity contribution is 5.36. The van der Waals surface area contributed by atoms with Crippen LogP contribution in [0.15, 0.2) is 24.3 Å². The highest BCUT2D eigenvalue weighted by Crippen LogP contribution is 2.25. The summed E-state index contributed by atoms with van der Waals surface area (Å²) < 4.78 is 10.4. The van der Waals surface area contributed by atoms with Crippen molar-refractivity contribution in [3.8, 4) is 5.75 Å². The zero-order valence-corrected chi connectivity index (χ0v) is 10.8. The van der Waals surface area contributed by atoms with Gasteiger partial charge < -0.3 is 29.9 Å². The number of hydrogen-bond donors (Lipinski definition) is 4. The first kappa shape index (κ1) is 15.6. The van der Waals surface area contributed by atoms with Crippen molar-refractivity contribution in [2.45, 2.75) is 30.7 Å². The second kappa shape index (κ2) is 6.33. The maximum atomic E-state index is 10.5. The Hall–Kier alpha value is -1.78. The molecular weight excluding hydrogens is 286 g/mol. The maximum absolute atomic E-state index is 10.5. The molecule has 1 fully saturated rings. The number of non-ortho nitro benzene ring substituents is 1. The van der Waals surface area contributed by atoms with Gasteiger partial charge in [-0.3, -0.25) is 10.1 Å². The number of nitro groups is 1. The largest absolute Gasteiger partial charge is 0.462 e. The van der Waals surface area contributed by atoms with Crippen molar-refractivity contribution < 1.29 is 34.8 Å². The first-order valence-electron chi connectivity index (χ1n) is 6.15. The fourth-order valence-electron chi connectivity index (χ4n) is 1.95. The van der Waals surface area contributed by atoms with Gasteiger partial charge in [0, 0.05) is 12.1 Å². The summed E-state index contributed by atoms with van der Waals surface area (Å²) >= 11 is 0. The zero-order valence-electron chi connectivity index (χ0n) is 10.8. The molecule has 116 valence electrons. The SMILES string of the molecule is O=[N+]([O-])c1ccc(O[C@@H]2O[C@@H](CO)[C@@H](O)[C@@H](O)[C@H]2O)cc1. The summed E-state index contributed by atoms with van der Waals surface area (Å²) in [6.45, 7) is -0.564. The van der Waals surface area contributed by atoms with E-state index in [0.29, 0.717) is 0 Å². The lowest BCUT2D eigenvalue weighted by molar-refractivity contribution is -0.384. The van der Waals surface area contributed by atoms with Crippen molar-refractivity contribution in [2.75, 3.05) is 6.61 Å². The lowest BCUT2D eigenvalue weighted by Crippen LogP contribution is -2.60. The van der Waals surface area contributed by atoms with Gasteiger partial charge in [-0.15, -0.1) is 0 Å². The molecule has 0 saturated carbocycles. The summed E-state index contributed by atoms with van der Waals surface area (Å²) in [6, 6.07) is 5.03. The molecule has 0 spiro atoms. The molecule has 1 aromatic rings. The molecule has 1 saturated heterocycles. The van der Waals surface area contributed by atoms with Gasteiger partial charge in [-0.1, -0.05) is 0 Å². The standard InChI is InChI=1S/C12H15NO8/c14-5-8-9(15)10(16)11(17)12(21-8)20-7-3-1-6(2-4-7)13(18)19/h1-4,8-12,14-17H,5H2/t8-,9+,10+,11+,12+/m0/s1. The molecule has 9 heteroatoms. The summed E-state index contributed by atoms with van der Waals surface area (Å²) in [5, 5.41) is 48.6. The van der Waals surface area contributed by atoms with Crippen molar-refractivity contribution in [3.05, 3.63) is 34.4 Å². The minimum Gasteiger partial charge on any atom is -0.462 e. The zero-order chi connectivity index (χ0) is 15.6. The molecule has 0 aromatic heterocycles. The Bertz CT molecular complexity index is 491. The quantitative estimate of drug-likeness (QED) is 0.400. The van der Waals surface area contributed by atoms with E-state index in [2.05, 4.69) is 0 Å². The molecule has 4 N–H and O–H groups in total. The topological polar surface area (TPSA) is 143 Å². The smallest absolute Gasteiger partial charge is 0.269 e. The van der Waals surface area contributed by atoms with E-state index >= 15 is 0 Å². The number of nitrogens with zero attached hydrogens (tertiary/aromatic N) is 1. The minimum atomic E-state index is -1.54. The van der Waals surface area contributed by atoms with Gasteiger partial charge in [0.15, 0.2) is 0 Å². The fourth-order valence-corrected chi connectivity index (χ4v) is 1.95. The number of nitro benzene ring substituents is 1. The fraction of sp³-hybridized carbons (Fsp3) is 0.500. The second-order valence-corrected chi connectivity index (χ2v) is 4.57. The van der Waals surface area contributed by atoms with Crippen molar-refractivity contribution >= 4 is 5.69 Å². The van der Waals surface area contributed by atoms with Gasteiger partial charge in [-0.2, -0.15) is 0 Å². The minimum absolute atomic E-state index is 0.129. The van der Waals surface area contributed by atoms with Crippen molar-refractivity contribution in [1.29, 1.82) is 0 Å². The Morgan fingerprint density at radius 1 is 1.14 bits per heavy atom. The van der Waals surface area contributed by atoms with Crippen LogP contribution in [0.5, 0.6) is 5.75 Å². The molecule has 0 bridgehead atoms. The molecule has 21 heavy (non-hydrogen) atoms. The van der Waals surface area contributed by atoms with Crippen LogP contribution in [0.4, 0.5) is 5.69 Å². The Morgan fingerprint density at radius 3 is 2.29 bits per heavy atom. The normalized spacial score (nSPS) is 32.7. The van der Waals surface area contributed by atoms with E-state index in [-0.39, 0.29) is 11.4 Å². The molecule has 1 aromatic carbocycles. The highest BCUT2D eigenvalue weighted by atomic mass is 16.7. The first-order valence-corrected chi connectivity index (χ1v) is 6.15. The molecule has 1 heterocycles. The van der Waals surface area contributed by atoms with Crippen LogP contribution >= 0.6 is 0 Å². The number of rotatable bonds is 4. The molecule has 9 nitrogen and oxygen atoms in total. The van der Waals surface area contributed by atoms with E-state index in [1.165, 1.54) is 24.3 Å². The van der Waals surface area contributed by atoms with Gasteiger partial charge >= 0.3 is 0 Å². The van der Waals surface area contributed by atoms with Gasteiger partial charge in [-0.25, -0.2) is 0 Å². The van der Waals surface area contributed by atoms with Crippen molar-refractivity contribution in [3.63, 3.8) is 0 Å². The molecular formula is C12H15NO8. The average molecular weight is 301 g/mol. The van der Waals surface area contributed by atoms with Crippen LogP contribution < -0.4 is 4.74 Å². The van der Waals surface area contributed by atoms with Crippen LogP contribution in [0.3, 0.4) is 0 Å². The Kier molecular flexibility index (Phi) is 4.70. The van der Waals surface area contributed by atoms with Crippen LogP contribution in [0.2, 0.25) is 0 Å². The molecule has 0 amide bonds. The number of hydrogen-bond acceptors (Lipinski definition) is 8. The van der Waals surface area contributed by atoms with Gasteiger partial charge in [0.05, 0.1) is 11.5 Å². The van der Waals surface area contributed by atoms with Gasteiger partial charge in [-0.05, 0) is 12.1 Å². The second-order valence-electron chi connectivity index (χ2n) is 4.57. The Morgan fingerprint density at radius 2 is 1.76 bits per heavy atom. The van der Waals surface area contributed by atoms with Crippen LogP contribution in [0.1, 0.15) is 0 Å². The average Bonchev–Trinajstić information content (AvgIpc) is 2.48. The monoisotopic (exact) mass is 301 g/mol. The van der Waals surface area contributed by atoms with E-state index in [9.17, 15) is 25.4 Å². The van der Waals surface area contributed by atoms with Gasteiger partial charge in [0.25, 0.3) is 5.69 Å². The maximum Gasteiger partial charge on any atom is 0.269 e. The third kappa shape index (κ3) is 3.28. The van der Waals surface area contributed by atoms with E-state index < -0.39 is 42.2 Å². The highest BCUT2D eigenvalue weighted by Gasteiger charge is 2.44. The number of aliphatic hydroxyl groups excluding tert-OH is 4. The molecule has 1 aliphatic rings. The third-order valence-electron chi connectivity index (χ3n) is 3.15. The van der Waals surface area contributed by atoms with Gasteiger partial charge in [0.2, 0.25) is 6.29 Å². The van der Waals surface area contributed by atoms with Crippen LogP contribution in [-0.4, -0.2) is 62.7 Å². The van der Waals surface area contributed by atoms with Crippen LogP contribution in [0.25, 0.3) is 0 Å². The first-order chi connectivity index (χ1) is 9.93. The van der Waals surface area contributed by atoms with Crippen molar-refractivity contribution in [2.24, 2.45) is 0 Å². The third-order valence-corrected chi connectivity index (χ3v) is 3.15. The summed E-state index contributed by atoms with van der Waals surface area (Å²) in [6.07, 6.45) is -6.94. The number of ether oxygens (including phenoxy) is 2. The predicted molar refractivity (Wildman–Crippen MR) is 67.5 cm³/mol. The lowest BCUT2D eigenvalue weighted by atomic mass is 9.99. The molecule has 0 unspecified atom stereocenters. The van der Waals surface area contributed by atoms with Crippen LogP contribution in [0, 0.1) is 10.1 Å². The van der Waals surface area contributed by atoms with Crippen LogP contribution in [-0.2, 0) is 4.74 Å². The molecule has 2 rings (SSSR count). The summed E-state index contributed by atoms with van der Waals surface area (Å²) in [5.74, 6) is 0.171. The Balaban J connectivity index is 2.08. The number of aliphatic hydroxyl groups is 4. The molecule has 1 aliphatic heterocycles.